The van der Waals surface area contributed by atoms with E-state index >= 15 is 0 Å². The molecule has 0 aromatic heterocycles. The Balaban J connectivity index is 2.07. The highest BCUT2D eigenvalue weighted by Crippen LogP contribution is 2.49. The zero-order valence-corrected chi connectivity index (χ0v) is 11.2. The van der Waals surface area contributed by atoms with Crippen molar-refractivity contribution in [1.29, 1.82) is 0 Å². The molecule has 0 amide bonds. The largest absolute Gasteiger partial charge is 0.398 e. The van der Waals surface area contributed by atoms with Gasteiger partial charge in [-0.2, -0.15) is 0 Å². The van der Waals surface area contributed by atoms with Crippen LogP contribution in [0.1, 0.15) is 24.8 Å². The second-order valence-electron chi connectivity index (χ2n) is 4.75. The van der Waals surface area contributed by atoms with Crippen LogP contribution in [0.15, 0.2) is 22.7 Å². The number of hydrogen-bond donors (Lipinski definition) is 1. The standard InChI is InChI=1S/C13H13BrClN/c14-11-6-13(16)10(5-12(11)15)9-4-7-1-2-8(9)3-7/h4-8H,1-3,16H2. The predicted octanol–water partition coefficient (Wildman–Crippen LogP) is 4.50. The third-order valence-corrected chi connectivity index (χ3v) is 4.93. The molecule has 0 saturated heterocycles. The van der Waals surface area contributed by atoms with E-state index in [1.807, 2.05) is 12.1 Å². The molecule has 2 aliphatic carbocycles. The van der Waals surface area contributed by atoms with Gasteiger partial charge in [-0.1, -0.05) is 17.7 Å². The Bertz CT molecular complexity index is 481. The fraction of sp³-hybridized carbons (Fsp3) is 0.385. The van der Waals surface area contributed by atoms with Crippen LogP contribution in [0.3, 0.4) is 0 Å². The van der Waals surface area contributed by atoms with Gasteiger partial charge in [-0.3, -0.25) is 0 Å². The molecule has 1 fully saturated rings. The fourth-order valence-electron chi connectivity index (χ4n) is 2.96. The van der Waals surface area contributed by atoms with Crippen LogP contribution in [0.5, 0.6) is 0 Å². The molecule has 0 radical (unpaired) electrons. The topological polar surface area (TPSA) is 26.0 Å². The van der Waals surface area contributed by atoms with Crippen LogP contribution in [0.4, 0.5) is 5.69 Å². The SMILES string of the molecule is Nc1cc(Br)c(Cl)cc1C1=CC2CCC1C2. The monoisotopic (exact) mass is 297 g/mol. The van der Waals surface area contributed by atoms with E-state index in [9.17, 15) is 0 Å². The van der Waals surface area contributed by atoms with Crippen molar-refractivity contribution in [2.24, 2.45) is 11.8 Å². The first-order valence-electron chi connectivity index (χ1n) is 5.62. The molecule has 2 aliphatic rings. The van der Waals surface area contributed by atoms with E-state index in [-0.39, 0.29) is 0 Å². The van der Waals surface area contributed by atoms with E-state index in [1.54, 1.807) is 0 Å². The van der Waals surface area contributed by atoms with Gasteiger partial charge in [0, 0.05) is 15.7 Å². The third kappa shape index (κ3) is 1.59. The van der Waals surface area contributed by atoms with Crippen LogP contribution >= 0.6 is 27.5 Å². The molecule has 16 heavy (non-hydrogen) atoms. The van der Waals surface area contributed by atoms with Crippen LogP contribution in [0, 0.1) is 11.8 Å². The number of halogens is 2. The molecule has 3 rings (SSSR count). The lowest BCUT2D eigenvalue weighted by molar-refractivity contribution is 0.695. The van der Waals surface area contributed by atoms with Gasteiger partial charge in [0.15, 0.2) is 0 Å². The molecule has 2 atom stereocenters. The summed E-state index contributed by atoms with van der Waals surface area (Å²) >= 11 is 9.54. The van der Waals surface area contributed by atoms with Gasteiger partial charge >= 0.3 is 0 Å². The zero-order chi connectivity index (χ0) is 11.3. The maximum atomic E-state index is 6.14. The number of hydrogen-bond acceptors (Lipinski definition) is 1. The van der Waals surface area contributed by atoms with E-state index in [0.717, 1.165) is 26.7 Å². The summed E-state index contributed by atoms with van der Waals surface area (Å²) in [6.45, 7) is 0. The molecule has 2 N–H and O–H groups in total. The molecule has 1 aromatic carbocycles. The average Bonchev–Trinajstić information content (AvgIpc) is 2.84. The lowest BCUT2D eigenvalue weighted by Gasteiger charge is -2.16. The number of nitrogens with two attached hydrogens (primary N) is 1. The molecule has 1 nitrogen and oxygen atoms in total. The molecular weight excluding hydrogens is 286 g/mol. The third-order valence-electron chi connectivity index (χ3n) is 3.73. The van der Waals surface area contributed by atoms with Crippen molar-refractivity contribution in [3.05, 3.63) is 33.3 Å². The summed E-state index contributed by atoms with van der Waals surface area (Å²) in [4.78, 5) is 0. The van der Waals surface area contributed by atoms with Crippen molar-refractivity contribution in [3.63, 3.8) is 0 Å². The number of fused-ring (bicyclic) bond motifs is 2. The molecule has 0 heterocycles. The quantitative estimate of drug-likeness (QED) is 0.759. The van der Waals surface area contributed by atoms with Gasteiger partial charge in [-0.15, -0.1) is 0 Å². The molecule has 0 spiro atoms. The second kappa shape index (κ2) is 3.78. The van der Waals surface area contributed by atoms with Crippen molar-refractivity contribution in [1.82, 2.24) is 0 Å². The summed E-state index contributed by atoms with van der Waals surface area (Å²) in [7, 11) is 0. The Hall–Kier alpha value is -0.470. The summed E-state index contributed by atoms with van der Waals surface area (Å²) in [5, 5.41) is 0.743. The molecule has 84 valence electrons. The van der Waals surface area contributed by atoms with E-state index in [0.29, 0.717) is 5.92 Å². The minimum absolute atomic E-state index is 0.713. The summed E-state index contributed by atoms with van der Waals surface area (Å²) in [5.41, 5.74) is 9.46. The van der Waals surface area contributed by atoms with Crippen LogP contribution < -0.4 is 5.73 Å². The van der Waals surface area contributed by atoms with Crippen molar-refractivity contribution in [2.45, 2.75) is 19.3 Å². The van der Waals surface area contributed by atoms with Crippen LogP contribution in [0.2, 0.25) is 5.02 Å². The van der Waals surface area contributed by atoms with Crippen molar-refractivity contribution in [3.8, 4) is 0 Å². The van der Waals surface area contributed by atoms with Gasteiger partial charge in [-0.25, -0.2) is 0 Å². The summed E-state index contributed by atoms with van der Waals surface area (Å²) in [6, 6.07) is 3.90. The van der Waals surface area contributed by atoms with E-state index in [2.05, 4.69) is 22.0 Å². The van der Waals surface area contributed by atoms with Crippen LogP contribution in [-0.2, 0) is 0 Å². The first-order chi connectivity index (χ1) is 7.65. The maximum Gasteiger partial charge on any atom is 0.0555 e. The van der Waals surface area contributed by atoms with E-state index in [1.165, 1.54) is 24.8 Å². The number of rotatable bonds is 1. The molecule has 1 aromatic rings. The number of nitrogen functional groups attached to an aromatic ring is 1. The molecular formula is C13H13BrClN. The lowest BCUT2D eigenvalue weighted by atomic mass is 9.91. The van der Waals surface area contributed by atoms with Crippen molar-refractivity contribution in [2.75, 3.05) is 5.73 Å². The minimum atomic E-state index is 0.713. The highest BCUT2D eigenvalue weighted by Gasteiger charge is 2.33. The van der Waals surface area contributed by atoms with E-state index < -0.39 is 0 Å². The first kappa shape index (κ1) is 10.7. The Kier molecular flexibility index (Phi) is 2.52. The number of allylic oxidation sites excluding steroid dienone is 2. The van der Waals surface area contributed by atoms with Gasteiger partial charge in [0.25, 0.3) is 0 Å². The molecule has 2 bridgehead atoms. The second-order valence-corrected chi connectivity index (χ2v) is 6.01. The summed E-state index contributed by atoms with van der Waals surface area (Å²) in [6.07, 6.45) is 6.36. The van der Waals surface area contributed by atoms with Gasteiger partial charge in [0.2, 0.25) is 0 Å². The van der Waals surface area contributed by atoms with Gasteiger partial charge in [-0.05, 0) is 64.7 Å². The summed E-state index contributed by atoms with van der Waals surface area (Å²) in [5.74, 6) is 1.49. The predicted molar refractivity (Wildman–Crippen MR) is 72.4 cm³/mol. The summed E-state index contributed by atoms with van der Waals surface area (Å²) < 4.78 is 0.874. The Morgan fingerprint density at radius 1 is 1.31 bits per heavy atom. The molecule has 3 heteroatoms. The highest BCUT2D eigenvalue weighted by molar-refractivity contribution is 9.10. The Morgan fingerprint density at radius 2 is 2.12 bits per heavy atom. The average molecular weight is 299 g/mol. The van der Waals surface area contributed by atoms with E-state index in [4.69, 9.17) is 17.3 Å². The van der Waals surface area contributed by atoms with Gasteiger partial charge in [0.05, 0.1) is 5.02 Å². The van der Waals surface area contributed by atoms with Gasteiger partial charge < -0.3 is 5.73 Å². The Labute approximate surface area is 109 Å². The number of anilines is 1. The minimum Gasteiger partial charge on any atom is -0.398 e. The fourth-order valence-corrected chi connectivity index (χ4v) is 3.49. The van der Waals surface area contributed by atoms with Gasteiger partial charge in [0.1, 0.15) is 0 Å². The molecule has 1 saturated carbocycles. The maximum absolute atomic E-state index is 6.14. The smallest absolute Gasteiger partial charge is 0.0555 e. The normalized spacial score (nSPS) is 27.2. The molecule has 2 unspecified atom stereocenters. The number of benzene rings is 1. The van der Waals surface area contributed by atoms with Crippen molar-refractivity contribution >= 4 is 38.8 Å². The zero-order valence-electron chi connectivity index (χ0n) is 8.84. The Morgan fingerprint density at radius 3 is 2.75 bits per heavy atom. The van der Waals surface area contributed by atoms with Crippen molar-refractivity contribution < 1.29 is 0 Å². The highest BCUT2D eigenvalue weighted by atomic mass is 79.9. The molecule has 0 aliphatic heterocycles. The van der Waals surface area contributed by atoms with Crippen LogP contribution in [0.25, 0.3) is 5.57 Å². The lowest BCUT2D eigenvalue weighted by Crippen LogP contribution is -2.01. The first-order valence-corrected chi connectivity index (χ1v) is 6.79. The van der Waals surface area contributed by atoms with Crippen LogP contribution in [-0.4, -0.2) is 0 Å².